The molecule has 0 radical (unpaired) electrons. The van der Waals surface area contributed by atoms with Crippen molar-refractivity contribution in [3.63, 3.8) is 0 Å². The Morgan fingerprint density at radius 1 is 1.20 bits per heavy atom. The molecule has 2 rings (SSSR count). The van der Waals surface area contributed by atoms with Crippen LogP contribution in [0.25, 0.3) is 0 Å². The molecule has 1 saturated carbocycles. The van der Waals surface area contributed by atoms with Gasteiger partial charge in [0, 0.05) is 18.3 Å². The first-order valence-corrected chi connectivity index (χ1v) is 8.48. The summed E-state index contributed by atoms with van der Waals surface area (Å²) in [5.41, 5.74) is 10.2. The van der Waals surface area contributed by atoms with Gasteiger partial charge in [-0.25, -0.2) is 0 Å². The van der Waals surface area contributed by atoms with Crippen molar-refractivity contribution in [3.05, 3.63) is 17.0 Å². The SMILES string of the molecule is CCc1nn(CC2CCCCC2)c(CC)c1CC(C)N. The van der Waals surface area contributed by atoms with E-state index in [1.54, 1.807) is 0 Å². The molecule has 1 fully saturated rings. The summed E-state index contributed by atoms with van der Waals surface area (Å²) in [5.74, 6) is 0.835. The minimum Gasteiger partial charge on any atom is -0.328 e. The molecule has 0 aromatic carbocycles. The number of nitrogens with zero attached hydrogens (tertiary/aromatic N) is 2. The van der Waals surface area contributed by atoms with Crippen LogP contribution in [-0.2, 0) is 25.8 Å². The lowest BCUT2D eigenvalue weighted by Gasteiger charge is -2.22. The van der Waals surface area contributed by atoms with Gasteiger partial charge in [0.2, 0.25) is 0 Å². The summed E-state index contributed by atoms with van der Waals surface area (Å²) in [6.07, 6.45) is 10.1. The van der Waals surface area contributed by atoms with Gasteiger partial charge in [-0.3, -0.25) is 4.68 Å². The number of hydrogen-bond donors (Lipinski definition) is 1. The van der Waals surface area contributed by atoms with Gasteiger partial charge in [0.1, 0.15) is 0 Å². The average molecular weight is 277 g/mol. The third-order valence-corrected chi connectivity index (χ3v) is 4.60. The normalized spacial score (nSPS) is 18.4. The highest BCUT2D eigenvalue weighted by Crippen LogP contribution is 2.27. The lowest BCUT2D eigenvalue weighted by Crippen LogP contribution is -2.20. The summed E-state index contributed by atoms with van der Waals surface area (Å²) in [5, 5.41) is 4.91. The van der Waals surface area contributed by atoms with E-state index in [9.17, 15) is 0 Å². The summed E-state index contributed by atoms with van der Waals surface area (Å²) in [7, 11) is 0. The minimum absolute atomic E-state index is 0.220. The van der Waals surface area contributed by atoms with Crippen LogP contribution in [0.15, 0.2) is 0 Å². The molecule has 1 aliphatic carbocycles. The van der Waals surface area contributed by atoms with Crippen LogP contribution in [0.1, 0.15) is 69.8 Å². The number of rotatable bonds is 6. The summed E-state index contributed by atoms with van der Waals surface area (Å²) >= 11 is 0. The fourth-order valence-electron chi connectivity index (χ4n) is 3.59. The van der Waals surface area contributed by atoms with Crippen LogP contribution in [0, 0.1) is 5.92 Å². The van der Waals surface area contributed by atoms with E-state index in [0.717, 1.165) is 31.7 Å². The maximum Gasteiger partial charge on any atom is 0.0657 e. The zero-order valence-corrected chi connectivity index (χ0v) is 13.5. The highest BCUT2D eigenvalue weighted by Gasteiger charge is 2.20. The molecule has 0 spiro atoms. The van der Waals surface area contributed by atoms with Crippen molar-refractivity contribution >= 4 is 0 Å². The van der Waals surface area contributed by atoms with Crippen molar-refractivity contribution in [1.82, 2.24) is 9.78 Å². The molecule has 20 heavy (non-hydrogen) atoms. The fraction of sp³-hybridized carbons (Fsp3) is 0.824. The Hall–Kier alpha value is -0.830. The minimum atomic E-state index is 0.220. The van der Waals surface area contributed by atoms with Crippen molar-refractivity contribution in [2.45, 2.75) is 84.7 Å². The highest BCUT2D eigenvalue weighted by molar-refractivity contribution is 5.27. The van der Waals surface area contributed by atoms with E-state index >= 15 is 0 Å². The van der Waals surface area contributed by atoms with Gasteiger partial charge in [-0.15, -0.1) is 0 Å². The highest BCUT2D eigenvalue weighted by atomic mass is 15.3. The van der Waals surface area contributed by atoms with E-state index in [1.165, 1.54) is 49.1 Å². The van der Waals surface area contributed by atoms with Gasteiger partial charge in [-0.1, -0.05) is 33.1 Å². The van der Waals surface area contributed by atoms with E-state index in [1.807, 2.05) is 0 Å². The third-order valence-electron chi connectivity index (χ3n) is 4.60. The summed E-state index contributed by atoms with van der Waals surface area (Å²) < 4.78 is 2.31. The van der Waals surface area contributed by atoms with E-state index in [-0.39, 0.29) is 6.04 Å². The summed E-state index contributed by atoms with van der Waals surface area (Å²) in [6.45, 7) is 7.67. The van der Waals surface area contributed by atoms with Gasteiger partial charge in [0.25, 0.3) is 0 Å². The maximum atomic E-state index is 6.03. The molecule has 0 saturated heterocycles. The first-order valence-electron chi connectivity index (χ1n) is 8.48. The van der Waals surface area contributed by atoms with Gasteiger partial charge in [-0.05, 0) is 50.5 Å². The van der Waals surface area contributed by atoms with E-state index in [2.05, 4.69) is 25.5 Å². The molecule has 3 heteroatoms. The second-order valence-corrected chi connectivity index (χ2v) is 6.45. The standard InChI is InChI=1S/C17H31N3/c1-4-16-15(11-13(3)18)17(5-2)20(19-16)12-14-9-7-6-8-10-14/h13-14H,4-12,18H2,1-3H3. The molecule has 1 unspecified atom stereocenters. The zero-order chi connectivity index (χ0) is 14.5. The Morgan fingerprint density at radius 3 is 2.45 bits per heavy atom. The third kappa shape index (κ3) is 3.63. The van der Waals surface area contributed by atoms with Gasteiger partial charge in [0.05, 0.1) is 5.69 Å². The van der Waals surface area contributed by atoms with Crippen molar-refractivity contribution in [2.75, 3.05) is 0 Å². The number of hydrogen-bond acceptors (Lipinski definition) is 2. The molecule has 1 aliphatic rings. The lowest BCUT2D eigenvalue weighted by molar-refractivity contribution is 0.304. The predicted octanol–water partition coefficient (Wildman–Crippen LogP) is 3.48. The number of nitrogens with two attached hydrogens (primary N) is 1. The maximum absolute atomic E-state index is 6.03. The fourth-order valence-corrected chi connectivity index (χ4v) is 3.59. The van der Waals surface area contributed by atoms with Crippen LogP contribution >= 0.6 is 0 Å². The Balaban J connectivity index is 2.20. The molecular weight excluding hydrogens is 246 g/mol. The lowest BCUT2D eigenvalue weighted by atomic mass is 9.89. The molecule has 1 heterocycles. The monoisotopic (exact) mass is 277 g/mol. The van der Waals surface area contributed by atoms with E-state index in [0.29, 0.717) is 0 Å². The topological polar surface area (TPSA) is 43.8 Å². The Labute approximate surface area is 123 Å². The summed E-state index contributed by atoms with van der Waals surface area (Å²) in [6, 6.07) is 0.220. The van der Waals surface area contributed by atoms with Crippen molar-refractivity contribution in [1.29, 1.82) is 0 Å². The van der Waals surface area contributed by atoms with Gasteiger partial charge >= 0.3 is 0 Å². The van der Waals surface area contributed by atoms with Crippen LogP contribution in [0.2, 0.25) is 0 Å². The van der Waals surface area contributed by atoms with Crippen molar-refractivity contribution in [2.24, 2.45) is 11.7 Å². The molecule has 0 aliphatic heterocycles. The van der Waals surface area contributed by atoms with Crippen molar-refractivity contribution in [3.8, 4) is 0 Å². The zero-order valence-electron chi connectivity index (χ0n) is 13.5. The molecule has 1 atom stereocenters. The average Bonchev–Trinajstić information content (AvgIpc) is 2.76. The molecular formula is C17H31N3. The van der Waals surface area contributed by atoms with Crippen LogP contribution < -0.4 is 5.73 Å². The predicted molar refractivity (Wildman–Crippen MR) is 84.9 cm³/mol. The van der Waals surface area contributed by atoms with Gasteiger partial charge in [-0.2, -0.15) is 5.10 Å². The summed E-state index contributed by atoms with van der Waals surface area (Å²) in [4.78, 5) is 0. The Morgan fingerprint density at radius 2 is 1.90 bits per heavy atom. The molecule has 2 N–H and O–H groups in total. The molecule has 1 aromatic rings. The Kier molecular flexibility index (Phi) is 5.64. The number of aryl methyl sites for hydroxylation is 1. The molecule has 114 valence electrons. The van der Waals surface area contributed by atoms with Crippen LogP contribution in [-0.4, -0.2) is 15.8 Å². The van der Waals surface area contributed by atoms with Gasteiger partial charge < -0.3 is 5.73 Å². The van der Waals surface area contributed by atoms with E-state index in [4.69, 9.17) is 10.8 Å². The second kappa shape index (κ2) is 7.26. The van der Waals surface area contributed by atoms with Crippen molar-refractivity contribution < 1.29 is 0 Å². The molecule has 1 aromatic heterocycles. The number of aromatic nitrogens is 2. The van der Waals surface area contributed by atoms with Crippen LogP contribution in [0.4, 0.5) is 0 Å². The largest absolute Gasteiger partial charge is 0.328 e. The molecule has 0 bridgehead atoms. The molecule has 3 nitrogen and oxygen atoms in total. The smallest absolute Gasteiger partial charge is 0.0657 e. The first kappa shape index (κ1) is 15.6. The van der Waals surface area contributed by atoms with Crippen LogP contribution in [0.3, 0.4) is 0 Å². The van der Waals surface area contributed by atoms with Gasteiger partial charge in [0.15, 0.2) is 0 Å². The second-order valence-electron chi connectivity index (χ2n) is 6.45. The Bertz CT molecular complexity index is 414. The van der Waals surface area contributed by atoms with Crippen LogP contribution in [0.5, 0.6) is 0 Å². The first-order chi connectivity index (χ1) is 9.65. The quantitative estimate of drug-likeness (QED) is 0.865. The van der Waals surface area contributed by atoms with E-state index < -0.39 is 0 Å². The molecule has 0 amide bonds.